The Morgan fingerprint density at radius 2 is 1.72 bits per heavy atom. The molecule has 1 fully saturated rings. The molecular formula is C25H26Cl2N6O3. The number of aromatic nitrogens is 2. The number of methoxy groups -OCH3 is 1. The SMILES string of the molecule is COc1nc(Nc2ccc(C(=O)N3CCN(C)CC3)c(C)c2)ncc1C(=O)Nc1c(Cl)cccc1Cl. The van der Waals surface area contributed by atoms with Gasteiger partial charge in [0, 0.05) is 43.6 Å². The summed E-state index contributed by atoms with van der Waals surface area (Å²) in [6, 6.07) is 10.4. The molecule has 1 aliphatic rings. The molecule has 0 aliphatic carbocycles. The lowest BCUT2D eigenvalue weighted by molar-refractivity contribution is 0.0663. The van der Waals surface area contributed by atoms with Crippen molar-refractivity contribution in [1.29, 1.82) is 0 Å². The van der Waals surface area contributed by atoms with Crippen LogP contribution >= 0.6 is 23.2 Å². The molecule has 3 aromatic rings. The lowest BCUT2D eigenvalue weighted by Crippen LogP contribution is -2.47. The van der Waals surface area contributed by atoms with Gasteiger partial charge < -0.3 is 25.2 Å². The molecule has 4 rings (SSSR count). The zero-order valence-electron chi connectivity index (χ0n) is 20.1. The van der Waals surface area contributed by atoms with Crippen LogP contribution in [-0.4, -0.2) is 71.9 Å². The summed E-state index contributed by atoms with van der Waals surface area (Å²) < 4.78 is 5.32. The Hall–Kier alpha value is -3.40. The first kappa shape index (κ1) is 25.7. The van der Waals surface area contributed by atoms with Gasteiger partial charge in [0.25, 0.3) is 11.8 Å². The fraction of sp³-hybridized carbons (Fsp3) is 0.280. The molecule has 0 saturated carbocycles. The van der Waals surface area contributed by atoms with Crippen molar-refractivity contribution in [3.8, 4) is 5.88 Å². The molecule has 0 radical (unpaired) electrons. The molecule has 0 unspecified atom stereocenters. The van der Waals surface area contributed by atoms with Crippen LogP contribution in [0.25, 0.3) is 0 Å². The van der Waals surface area contributed by atoms with Gasteiger partial charge in [0.15, 0.2) is 0 Å². The minimum Gasteiger partial charge on any atom is -0.480 e. The number of hydrogen-bond donors (Lipinski definition) is 2. The van der Waals surface area contributed by atoms with Gasteiger partial charge in [-0.2, -0.15) is 4.98 Å². The van der Waals surface area contributed by atoms with E-state index < -0.39 is 5.91 Å². The second-order valence-corrected chi connectivity index (χ2v) is 9.23. The monoisotopic (exact) mass is 528 g/mol. The summed E-state index contributed by atoms with van der Waals surface area (Å²) in [5, 5.41) is 6.38. The third kappa shape index (κ3) is 5.70. The van der Waals surface area contributed by atoms with E-state index in [0.29, 0.717) is 34.4 Å². The highest BCUT2D eigenvalue weighted by Crippen LogP contribution is 2.31. The van der Waals surface area contributed by atoms with Crippen LogP contribution in [0, 0.1) is 6.92 Å². The van der Waals surface area contributed by atoms with Crippen molar-refractivity contribution in [3.05, 3.63) is 69.3 Å². The van der Waals surface area contributed by atoms with Crippen molar-refractivity contribution in [3.63, 3.8) is 0 Å². The van der Waals surface area contributed by atoms with Crippen molar-refractivity contribution < 1.29 is 14.3 Å². The number of hydrogen-bond acceptors (Lipinski definition) is 7. The van der Waals surface area contributed by atoms with E-state index in [1.165, 1.54) is 13.3 Å². The van der Waals surface area contributed by atoms with Crippen LogP contribution in [0.1, 0.15) is 26.3 Å². The normalized spacial score (nSPS) is 13.9. The molecule has 0 bridgehead atoms. The lowest BCUT2D eigenvalue weighted by atomic mass is 10.1. The van der Waals surface area contributed by atoms with E-state index in [-0.39, 0.29) is 29.0 Å². The number of piperazine rings is 1. The number of nitrogens with one attached hydrogen (secondary N) is 2. The zero-order valence-corrected chi connectivity index (χ0v) is 21.7. The summed E-state index contributed by atoms with van der Waals surface area (Å²) in [4.78, 5) is 38.4. The minimum absolute atomic E-state index is 0.0269. The Labute approximate surface area is 219 Å². The van der Waals surface area contributed by atoms with Crippen LogP contribution < -0.4 is 15.4 Å². The topological polar surface area (TPSA) is 99.7 Å². The van der Waals surface area contributed by atoms with Gasteiger partial charge in [-0.1, -0.05) is 29.3 Å². The molecule has 0 spiro atoms. The van der Waals surface area contributed by atoms with Crippen molar-refractivity contribution in [1.82, 2.24) is 19.8 Å². The number of benzene rings is 2. The second kappa shape index (κ2) is 11.1. The summed E-state index contributed by atoms with van der Waals surface area (Å²) in [5.41, 5.74) is 2.60. The molecule has 9 nitrogen and oxygen atoms in total. The van der Waals surface area contributed by atoms with E-state index in [1.807, 2.05) is 17.9 Å². The van der Waals surface area contributed by atoms with E-state index in [2.05, 4.69) is 32.5 Å². The number of amides is 2. The highest BCUT2D eigenvalue weighted by molar-refractivity contribution is 6.40. The average molecular weight is 529 g/mol. The van der Waals surface area contributed by atoms with Gasteiger partial charge in [0.1, 0.15) is 5.56 Å². The highest BCUT2D eigenvalue weighted by atomic mass is 35.5. The first-order chi connectivity index (χ1) is 17.3. The van der Waals surface area contributed by atoms with Gasteiger partial charge in [-0.25, -0.2) is 4.98 Å². The highest BCUT2D eigenvalue weighted by Gasteiger charge is 2.22. The van der Waals surface area contributed by atoms with Gasteiger partial charge in [-0.05, 0) is 49.9 Å². The summed E-state index contributed by atoms with van der Waals surface area (Å²) >= 11 is 12.3. The Kier molecular flexibility index (Phi) is 7.93. The van der Waals surface area contributed by atoms with Crippen LogP contribution in [0.2, 0.25) is 10.0 Å². The number of halogens is 2. The fourth-order valence-electron chi connectivity index (χ4n) is 3.83. The van der Waals surface area contributed by atoms with E-state index in [1.54, 1.807) is 30.3 Å². The van der Waals surface area contributed by atoms with Gasteiger partial charge >= 0.3 is 0 Å². The maximum atomic E-state index is 12.9. The first-order valence-electron chi connectivity index (χ1n) is 11.3. The Bertz CT molecular complexity index is 1270. The Morgan fingerprint density at radius 1 is 1.03 bits per heavy atom. The minimum atomic E-state index is -0.518. The Morgan fingerprint density at radius 3 is 2.36 bits per heavy atom. The van der Waals surface area contributed by atoms with Crippen LogP contribution in [0.15, 0.2) is 42.6 Å². The summed E-state index contributed by atoms with van der Waals surface area (Å²) in [5.74, 6) is -0.182. The third-order valence-corrected chi connectivity index (χ3v) is 6.53. The maximum absolute atomic E-state index is 12.9. The number of nitrogens with zero attached hydrogens (tertiary/aromatic N) is 4. The van der Waals surface area contributed by atoms with Crippen LogP contribution in [0.3, 0.4) is 0 Å². The molecule has 2 aromatic carbocycles. The largest absolute Gasteiger partial charge is 0.480 e. The predicted molar refractivity (Wildman–Crippen MR) is 141 cm³/mol. The van der Waals surface area contributed by atoms with Crippen molar-refractivity contribution in [2.45, 2.75) is 6.92 Å². The molecule has 1 aliphatic heterocycles. The third-order valence-electron chi connectivity index (χ3n) is 5.90. The van der Waals surface area contributed by atoms with Crippen LogP contribution in [0.5, 0.6) is 5.88 Å². The van der Waals surface area contributed by atoms with Gasteiger partial charge in [-0.3, -0.25) is 9.59 Å². The van der Waals surface area contributed by atoms with Gasteiger partial charge in [0.05, 0.1) is 22.8 Å². The molecule has 36 heavy (non-hydrogen) atoms. The average Bonchev–Trinajstić information content (AvgIpc) is 2.86. The molecule has 188 valence electrons. The number of ether oxygens (including phenoxy) is 1. The van der Waals surface area contributed by atoms with Gasteiger partial charge in [0.2, 0.25) is 11.8 Å². The fourth-order valence-corrected chi connectivity index (χ4v) is 4.32. The van der Waals surface area contributed by atoms with Crippen LogP contribution in [-0.2, 0) is 0 Å². The molecular weight excluding hydrogens is 503 g/mol. The summed E-state index contributed by atoms with van der Waals surface area (Å²) in [6.07, 6.45) is 1.35. The number of aryl methyl sites for hydroxylation is 1. The first-order valence-corrected chi connectivity index (χ1v) is 12.0. The molecule has 2 amide bonds. The molecule has 1 aromatic heterocycles. The molecule has 1 saturated heterocycles. The zero-order chi connectivity index (χ0) is 25.8. The van der Waals surface area contributed by atoms with E-state index >= 15 is 0 Å². The second-order valence-electron chi connectivity index (χ2n) is 8.42. The molecule has 11 heteroatoms. The maximum Gasteiger partial charge on any atom is 0.262 e. The van der Waals surface area contributed by atoms with E-state index in [9.17, 15) is 9.59 Å². The lowest BCUT2D eigenvalue weighted by Gasteiger charge is -2.32. The number of carbonyl (C=O) groups is 2. The molecule has 2 N–H and O–H groups in total. The Balaban J connectivity index is 1.48. The quantitative estimate of drug-likeness (QED) is 0.486. The molecule has 0 atom stereocenters. The predicted octanol–water partition coefficient (Wildman–Crippen LogP) is 4.48. The number of para-hydroxylation sites is 1. The number of carbonyl (C=O) groups excluding carboxylic acids is 2. The summed E-state index contributed by atoms with van der Waals surface area (Å²) in [6.45, 7) is 5.05. The van der Waals surface area contributed by atoms with Crippen molar-refractivity contribution in [2.75, 3.05) is 51.0 Å². The smallest absolute Gasteiger partial charge is 0.262 e. The van der Waals surface area contributed by atoms with Crippen molar-refractivity contribution in [2.24, 2.45) is 0 Å². The van der Waals surface area contributed by atoms with Crippen LogP contribution in [0.4, 0.5) is 17.3 Å². The van der Waals surface area contributed by atoms with E-state index in [0.717, 1.165) is 18.7 Å². The van der Waals surface area contributed by atoms with Gasteiger partial charge in [-0.15, -0.1) is 0 Å². The van der Waals surface area contributed by atoms with Crippen molar-refractivity contribution >= 4 is 52.3 Å². The standard InChI is InChI=1S/C25H26Cl2N6O3/c1-15-13-16(7-8-17(15)24(35)33-11-9-32(2)10-12-33)29-25-28-14-18(23(31-25)36-3)22(34)30-21-19(26)5-4-6-20(21)27/h4-8,13-14H,9-12H2,1-3H3,(H,30,34)(H,28,29,31). The molecule has 2 heterocycles. The number of rotatable bonds is 6. The summed E-state index contributed by atoms with van der Waals surface area (Å²) in [7, 11) is 3.46. The number of likely N-dealkylation sites (N-methyl/N-ethyl adjacent to an activating group) is 1. The van der Waals surface area contributed by atoms with E-state index in [4.69, 9.17) is 27.9 Å². The number of anilines is 3.